The third kappa shape index (κ3) is 2.82. The van der Waals surface area contributed by atoms with Gasteiger partial charge in [-0.2, -0.15) is 5.10 Å². The zero-order valence-electron chi connectivity index (χ0n) is 16.4. The number of fused-ring (bicyclic) bond motifs is 1. The van der Waals surface area contributed by atoms with E-state index in [1.54, 1.807) is 7.11 Å². The van der Waals surface area contributed by atoms with Crippen molar-refractivity contribution in [2.75, 3.05) is 38.2 Å². The number of carbonyl (C=O) groups excluding carboxylic acids is 1. The van der Waals surface area contributed by atoms with Crippen LogP contribution in [0.25, 0.3) is 0 Å². The Morgan fingerprint density at radius 1 is 1.07 bits per heavy atom. The predicted octanol–water partition coefficient (Wildman–Crippen LogP) is 2.35. The Kier molecular flexibility index (Phi) is 4.22. The molecule has 28 heavy (non-hydrogen) atoms. The lowest BCUT2D eigenvalue weighted by atomic mass is 9.93. The second-order valence-electron chi connectivity index (χ2n) is 8.09. The Bertz CT molecular complexity index is 901. The van der Waals surface area contributed by atoms with Crippen LogP contribution in [0.1, 0.15) is 36.1 Å². The van der Waals surface area contributed by atoms with Crippen molar-refractivity contribution in [3.05, 3.63) is 47.2 Å². The normalized spacial score (nSPS) is 20.0. The van der Waals surface area contributed by atoms with Crippen molar-refractivity contribution in [1.82, 2.24) is 15.1 Å². The summed E-state index contributed by atoms with van der Waals surface area (Å²) in [7, 11) is 1.68. The quantitative estimate of drug-likeness (QED) is 0.817. The molecule has 0 bridgehead atoms. The molecule has 1 saturated heterocycles. The molecule has 1 aromatic heterocycles. The summed E-state index contributed by atoms with van der Waals surface area (Å²) in [5, 5.41) is 8.84. The van der Waals surface area contributed by atoms with E-state index in [1.165, 1.54) is 12.0 Å². The average molecular weight is 378 g/mol. The molecule has 0 unspecified atom stereocenters. The molecule has 3 aliphatic rings. The zero-order chi connectivity index (χ0) is 19.1. The maximum Gasteiger partial charge on any atom is 0.233 e. The maximum absolute atomic E-state index is 13.4. The molecule has 146 valence electrons. The number of ether oxygens (including phenoxy) is 1. The van der Waals surface area contributed by atoms with Gasteiger partial charge in [0.1, 0.15) is 5.75 Å². The van der Waals surface area contributed by atoms with Crippen LogP contribution in [0, 0.1) is 0 Å². The first kappa shape index (κ1) is 17.5. The second-order valence-corrected chi connectivity index (χ2v) is 8.09. The van der Waals surface area contributed by atoms with E-state index in [0.717, 1.165) is 74.7 Å². The van der Waals surface area contributed by atoms with Crippen LogP contribution in [0.15, 0.2) is 30.3 Å². The summed E-state index contributed by atoms with van der Waals surface area (Å²) in [6.07, 6.45) is 5.15. The van der Waals surface area contributed by atoms with Crippen molar-refractivity contribution in [2.45, 2.75) is 37.5 Å². The highest BCUT2D eigenvalue weighted by atomic mass is 16.5. The molecule has 2 aromatic rings. The lowest BCUT2D eigenvalue weighted by molar-refractivity contribution is -0.134. The summed E-state index contributed by atoms with van der Waals surface area (Å²) in [6.45, 7) is 3.07. The molecule has 0 spiro atoms. The van der Waals surface area contributed by atoms with E-state index in [-0.39, 0.29) is 11.3 Å². The minimum atomic E-state index is -0.387. The van der Waals surface area contributed by atoms with Gasteiger partial charge in [0, 0.05) is 31.7 Å². The number of benzene rings is 1. The number of carbonyl (C=O) groups is 1. The number of anilines is 1. The van der Waals surface area contributed by atoms with Crippen molar-refractivity contribution < 1.29 is 9.53 Å². The van der Waals surface area contributed by atoms with E-state index in [1.807, 2.05) is 29.2 Å². The maximum atomic E-state index is 13.4. The largest absolute Gasteiger partial charge is 0.496 e. The van der Waals surface area contributed by atoms with E-state index in [9.17, 15) is 4.79 Å². The lowest BCUT2D eigenvalue weighted by Crippen LogP contribution is -2.51. The van der Waals surface area contributed by atoms with Crippen LogP contribution < -0.4 is 9.64 Å². The molecular weight excluding hydrogens is 352 g/mol. The molecule has 6 heteroatoms. The summed E-state index contributed by atoms with van der Waals surface area (Å²) in [6, 6.07) is 10.1. The molecule has 6 nitrogen and oxygen atoms in total. The summed E-state index contributed by atoms with van der Waals surface area (Å²) in [5.41, 5.74) is 3.15. The molecule has 1 aliphatic heterocycles. The number of aromatic nitrogens is 2. The van der Waals surface area contributed by atoms with Gasteiger partial charge in [-0.05, 0) is 49.8 Å². The predicted molar refractivity (Wildman–Crippen MR) is 107 cm³/mol. The number of para-hydroxylation sites is 1. The fraction of sp³-hybridized carbons (Fsp3) is 0.500. The van der Waals surface area contributed by atoms with Crippen LogP contribution >= 0.6 is 0 Å². The topological polar surface area (TPSA) is 58.6 Å². The van der Waals surface area contributed by atoms with Gasteiger partial charge < -0.3 is 14.5 Å². The van der Waals surface area contributed by atoms with E-state index in [2.05, 4.69) is 21.2 Å². The Balaban J connectivity index is 1.29. The summed E-state index contributed by atoms with van der Waals surface area (Å²) in [4.78, 5) is 17.7. The first-order chi connectivity index (χ1) is 13.7. The van der Waals surface area contributed by atoms with Gasteiger partial charge >= 0.3 is 0 Å². The van der Waals surface area contributed by atoms with Crippen molar-refractivity contribution in [3.8, 4) is 5.75 Å². The van der Waals surface area contributed by atoms with Crippen LogP contribution in [0.4, 0.5) is 5.82 Å². The van der Waals surface area contributed by atoms with Crippen molar-refractivity contribution in [2.24, 2.45) is 0 Å². The molecule has 2 aliphatic carbocycles. The number of rotatable bonds is 4. The Morgan fingerprint density at radius 2 is 1.86 bits per heavy atom. The first-order valence-corrected chi connectivity index (χ1v) is 10.2. The Hall–Kier alpha value is -2.63. The molecule has 0 N–H and O–H groups in total. The van der Waals surface area contributed by atoms with Gasteiger partial charge in [0.25, 0.3) is 0 Å². The molecule has 1 aromatic carbocycles. The van der Waals surface area contributed by atoms with Gasteiger partial charge in [-0.25, -0.2) is 0 Å². The van der Waals surface area contributed by atoms with Crippen LogP contribution in [-0.4, -0.2) is 54.3 Å². The number of piperazine rings is 1. The molecule has 0 radical (unpaired) electrons. The number of aryl methyl sites for hydroxylation is 2. The SMILES string of the molecule is COc1ccccc1C1(C(=O)N2CCN(c3cc4c(nn3)CCC4)CC2)CC1. The van der Waals surface area contributed by atoms with Crippen molar-refractivity contribution >= 4 is 11.7 Å². The van der Waals surface area contributed by atoms with Gasteiger partial charge in [-0.1, -0.05) is 18.2 Å². The highest BCUT2D eigenvalue weighted by Crippen LogP contribution is 2.52. The van der Waals surface area contributed by atoms with E-state index in [0.29, 0.717) is 0 Å². The van der Waals surface area contributed by atoms with Crippen LogP contribution in [-0.2, 0) is 23.1 Å². The summed E-state index contributed by atoms with van der Waals surface area (Å²) < 4.78 is 5.53. The number of nitrogens with zero attached hydrogens (tertiary/aromatic N) is 4. The van der Waals surface area contributed by atoms with E-state index >= 15 is 0 Å². The van der Waals surface area contributed by atoms with E-state index < -0.39 is 0 Å². The van der Waals surface area contributed by atoms with Crippen molar-refractivity contribution in [3.63, 3.8) is 0 Å². The number of amides is 1. The first-order valence-electron chi connectivity index (χ1n) is 10.2. The molecule has 1 saturated carbocycles. The molecule has 0 atom stereocenters. The Labute approximate surface area is 165 Å². The minimum Gasteiger partial charge on any atom is -0.496 e. The highest BCUT2D eigenvalue weighted by Gasteiger charge is 2.54. The van der Waals surface area contributed by atoms with Gasteiger partial charge in [0.15, 0.2) is 5.82 Å². The fourth-order valence-corrected chi connectivity index (χ4v) is 4.68. The van der Waals surface area contributed by atoms with Crippen molar-refractivity contribution in [1.29, 1.82) is 0 Å². The molecule has 2 heterocycles. The van der Waals surface area contributed by atoms with Gasteiger partial charge in [-0.15, -0.1) is 5.10 Å². The minimum absolute atomic E-state index is 0.247. The standard InChI is InChI=1S/C22H26N4O2/c1-28-19-8-3-2-6-17(19)22(9-10-22)21(27)26-13-11-25(12-14-26)20-15-16-5-4-7-18(16)23-24-20/h2-3,6,8,15H,4-5,7,9-14H2,1H3. The second kappa shape index (κ2) is 6.76. The van der Waals surface area contributed by atoms with Crippen LogP contribution in [0.5, 0.6) is 5.75 Å². The third-order valence-corrected chi connectivity index (χ3v) is 6.48. The third-order valence-electron chi connectivity index (χ3n) is 6.48. The summed E-state index contributed by atoms with van der Waals surface area (Å²) >= 11 is 0. The Morgan fingerprint density at radius 3 is 2.61 bits per heavy atom. The van der Waals surface area contributed by atoms with Gasteiger partial charge in [0.05, 0.1) is 18.2 Å². The molecule has 5 rings (SSSR count). The highest BCUT2D eigenvalue weighted by molar-refractivity contribution is 5.92. The lowest BCUT2D eigenvalue weighted by Gasteiger charge is -2.37. The molecule has 2 fully saturated rings. The molecule has 1 amide bonds. The van der Waals surface area contributed by atoms with E-state index in [4.69, 9.17) is 4.74 Å². The average Bonchev–Trinajstić information content (AvgIpc) is 3.43. The van der Waals surface area contributed by atoms with Gasteiger partial charge in [-0.3, -0.25) is 4.79 Å². The van der Waals surface area contributed by atoms with Crippen LogP contribution in [0.2, 0.25) is 0 Å². The monoisotopic (exact) mass is 378 g/mol. The zero-order valence-corrected chi connectivity index (χ0v) is 16.4. The number of methoxy groups -OCH3 is 1. The number of hydrogen-bond donors (Lipinski definition) is 0. The van der Waals surface area contributed by atoms with Crippen LogP contribution in [0.3, 0.4) is 0 Å². The van der Waals surface area contributed by atoms with Gasteiger partial charge in [0.2, 0.25) is 5.91 Å². The smallest absolute Gasteiger partial charge is 0.233 e. The number of hydrogen-bond acceptors (Lipinski definition) is 5. The fourth-order valence-electron chi connectivity index (χ4n) is 4.68. The molecular formula is C22H26N4O2. The summed E-state index contributed by atoms with van der Waals surface area (Å²) in [5.74, 6) is 2.02.